The Hall–Kier alpha value is -1.61. The summed E-state index contributed by atoms with van der Waals surface area (Å²) in [6.07, 6.45) is 3.29. The van der Waals surface area contributed by atoms with Crippen molar-refractivity contribution in [2.75, 3.05) is 13.7 Å². The molecule has 0 aliphatic carbocycles. The van der Waals surface area contributed by atoms with Gasteiger partial charge in [-0.15, -0.1) is 0 Å². The summed E-state index contributed by atoms with van der Waals surface area (Å²) >= 11 is 0. The minimum absolute atomic E-state index is 0.276. The van der Waals surface area contributed by atoms with Crippen molar-refractivity contribution in [3.05, 3.63) is 47.5 Å². The summed E-state index contributed by atoms with van der Waals surface area (Å²) in [6, 6.07) is 9.99. The number of aryl methyl sites for hydroxylation is 1. The second-order valence-corrected chi connectivity index (χ2v) is 3.40. The molecule has 0 heterocycles. The van der Waals surface area contributed by atoms with Gasteiger partial charge in [0.1, 0.15) is 0 Å². The van der Waals surface area contributed by atoms with E-state index in [-0.39, 0.29) is 6.61 Å². The van der Waals surface area contributed by atoms with Crippen LogP contribution >= 0.6 is 0 Å². The molecular formula is C13H16O3. The number of methoxy groups -OCH3 is 1. The van der Waals surface area contributed by atoms with Crippen molar-refractivity contribution in [2.45, 2.75) is 12.8 Å². The number of ether oxygens (including phenoxy) is 1. The molecule has 0 atom stereocenters. The van der Waals surface area contributed by atoms with Gasteiger partial charge < -0.3 is 9.84 Å². The molecule has 1 aromatic rings. The molecule has 0 radical (unpaired) electrons. The van der Waals surface area contributed by atoms with E-state index in [1.807, 2.05) is 30.3 Å². The maximum absolute atomic E-state index is 11.1. The molecule has 0 fully saturated rings. The number of hydrogen-bond donors (Lipinski definition) is 1. The zero-order valence-electron chi connectivity index (χ0n) is 9.35. The van der Waals surface area contributed by atoms with Gasteiger partial charge in [-0.2, -0.15) is 0 Å². The average molecular weight is 220 g/mol. The predicted octanol–water partition coefficient (Wildman–Crippen LogP) is 1.71. The molecule has 1 aromatic carbocycles. The maximum Gasteiger partial charge on any atom is 0.335 e. The van der Waals surface area contributed by atoms with Gasteiger partial charge >= 0.3 is 5.97 Å². The van der Waals surface area contributed by atoms with E-state index in [2.05, 4.69) is 4.74 Å². The lowest BCUT2D eigenvalue weighted by Gasteiger charge is -2.02. The molecule has 1 N–H and O–H groups in total. The van der Waals surface area contributed by atoms with E-state index in [4.69, 9.17) is 5.11 Å². The van der Waals surface area contributed by atoms with Crippen LogP contribution < -0.4 is 0 Å². The Bertz CT molecular complexity index is 355. The molecule has 86 valence electrons. The summed E-state index contributed by atoms with van der Waals surface area (Å²) in [5, 5.41) is 8.96. The van der Waals surface area contributed by atoms with Crippen LogP contribution in [0.3, 0.4) is 0 Å². The summed E-state index contributed by atoms with van der Waals surface area (Å²) in [7, 11) is 1.31. The van der Waals surface area contributed by atoms with Gasteiger partial charge in [0, 0.05) is 0 Å². The molecule has 0 unspecified atom stereocenters. The fraction of sp³-hybridized carbons (Fsp3) is 0.308. The first kappa shape index (κ1) is 12.5. The Kier molecular flexibility index (Phi) is 5.29. The van der Waals surface area contributed by atoms with Crippen molar-refractivity contribution >= 4 is 5.97 Å². The van der Waals surface area contributed by atoms with Crippen LogP contribution in [0.1, 0.15) is 12.0 Å². The first-order valence-electron chi connectivity index (χ1n) is 5.20. The molecule has 3 heteroatoms. The average Bonchev–Trinajstić information content (AvgIpc) is 2.35. The van der Waals surface area contributed by atoms with E-state index in [1.54, 1.807) is 6.08 Å². The maximum atomic E-state index is 11.1. The van der Waals surface area contributed by atoms with E-state index in [0.29, 0.717) is 5.57 Å². The standard InChI is InChI=1S/C13H16O3/c1-16-13(15)12(10-14)9-5-8-11-6-3-2-4-7-11/h2-4,6-7,9,14H,5,8,10H2,1H3/b12-9+. The molecule has 0 aromatic heterocycles. The van der Waals surface area contributed by atoms with Gasteiger partial charge in [0.05, 0.1) is 19.3 Å². The van der Waals surface area contributed by atoms with Crippen LogP contribution in [-0.4, -0.2) is 24.8 Å². The van der Waals surface area contributed by atoms with Gasteiger partial charge in [-0.25, -0.2) is 4.79 Å². The number of allylic oxidation sites excluding steroid dienone is 1. The lowest BCUT2D eigenvalue weighted by Crippen LogP contribution is -2.08. The van der Waals surface area contributed by atoms with Crippen LogP contribution in [0.4, 0.5) is 0 Å². The van der Waals surface area contributed by atoms with Gasteiger partial charge in [0.2, 0.25) is 0 Å². The highest BCUT2D eigenvalue weighted by Crippen LogP contribution is 2.05. The highest BCUT2D eigenvalue weighted by atomic mass is 16.5. The lowest BCUT2D eigenvalue weighted by molar-refractivity contribution is -0.136. The summed E-state index contributed by atoms with van der Waals surface area (Å²) < 4.78 is 4.54. The highest BCUT2D eigenvalue weighted by molar-refractivity contribution is 5.88. The number of carbonyl (C=O) groups is 1. The molecule has 0 spiro atoms. The largest absolute Gasteiger partial charge is 0.466 e. The number of carbonyl (C=O) groups excluding carboxylic acids is 1. The molecular weight excluding hydrogens is 204 g/mol. The Morgan fingerprint density at radius 1 is 1.38 bits per heavy atom. The minimum atomic E-state index is -0.462. The predicted molar refractivity (Wildman–Crippen MR) is 61.9 cm³/mol. The Labute approximate surface area is 95.4 Å². The van der Waals surface area contributed by atoms with E-state index in [9.17, 15) is 4.79 Å². The summed E-state index contributed by atoms with van der Waals surface area (Å²) in [4.78, 5) is 11.1. The molecule has 0 aliphatic heterocycles. The van der Waals surface area contributed by atoms with Gasteiger partial charge in [-0.05, 0) is 18.4 Å². The van der Waals surface area contributed by atoms with Gasteiger partial charge in [-0.1, -0.05) is 36.4 Å². The molecule has 0 bridgehead atoms. The second-order valence-electron chi connectivity index (χ2n) is 3.40. The van der Waals surface area contributed by atoms with E-state index < -0.39 is 5.97 Å². The number of aliphatic hydroxyl groups excluding tert-OH is 1. The Morgan fingerprint density at radius 2 is 2.06 bits per heavy atom. The monoisotopic (exact) mass is 220 g/mol. The van der Waals surface area contributed by atoms with Crippen LogP contribution in [0.5, 0.6) is 0 Å². The normalized spacial score (nSPS) is 11.2. The second kappa shape index (κ2) is 6.80. The van der Waals surface area contributed by atoms with Gasteiger partial charge in [0.25, 0.3) is 0 Å². The zero-order chi connectivity index (χ0) is 11.8. The zero-order valence-corrected chi connectivity index (χ0v) is 9.35. The number of hydrogen-bond acceptors (Lipinski definition) is 3. The molecule has 1 rings (SSSR count). The molecule has 0 saturated carbocycles. The third-order valence-corrected chi connectivity index (χ3v) is 2.28. The Balaban J connectivity index is 2.49. The number of benzene rings is 1. The van der Waals surface area contributed by atoms with Crippen LogP contribution in [0.15, 0.2) is 42.0 Å². The van der Waals surface area contributed by atoms with Crippen molar-refractivity contribution in [1.82, 2.24) is 0 Å². The van der Waals surface area contributed by atoms with Gasteiger partial charge in [0.15, 0.2) is 0 Å². The van der Waals surface area contributed by atoms with Crippen molar-refractivity contribution in [3.8, 4) is 0 Å². The molecule has 0 aliphatic rings. The van der Waals surface area contributed by atoms with Crippen LogP contribution in [0, 0.1) is 0 Å². The van der Waals surface area contributed by atoms with Gasteiger partial charge in [-0.3, -0.25) is 0 Å². The summed E-state index contributed by atoms with van der Waals surface area (Å²) in [5.74, 6) is -0.462. The molecule has 0 saturated heterocycles. The fourth-order valence-electron chi connectivity index (χ4n) is 1.40. The first-order chi connectivity index (χ1) is 7.77. The van der Waals surface area contributed by atoms with Crippen LogP contribution in [-0.2, 0) is 16.0 Å². The van der Waals surface area contributed by atoms with Crippen molar-refractivity contribution in [2.24, 2.45) is 0 Å². The SMILES string of the molecule is COC(=O)/C(=C/CCc1ccccc1)CO. The number of rotatable bonds is 5. The van der Waals surface area contributed by atoms with Crippen molar-refractivity contribution < 1.29 is 14.6 Å². The van der Waals surface area contributed by atoms with Crippen LogP contribution in [0.25, 0.3) is 0 Å². The highest BCUT2D eigenvalue weighted by Gasteiger charge is 2.06. The molecule has 16 heavy (non-hydrogen) atoms. The van der Waals surface area contributed by atoms with Crippen molar-refractivity contribution in [3.63, 3.8) is 0 Å². The third kappa shape index (κ3) is 3.87. The van der Waals surface area contributed by atoms with E-state index >= 15 is 0 Å². The third-order valence-electron chi connectivity index (χ3n) is 2.28. The summed E-state index contributed by atoms with van der Waals surface area (Å²) in [5.41, 5.74) is 1.53. The fourth-order valence-corrected chi connectivity index (χ4v) is 1.40. The summed E-state index contributed by atoms with van der Waals surface area (Å²) in [6.45, 7) is -0.276. The number of esters is 1. The Morgan fingerprint density at radius 3 is 2.62 bits per heavy atom. The lowest BCUT2D eigenvalue weighted by atomic mass is 10.1. The quantitative estimate of drug-likeness (QED) is 0.607. The topological polar surface area (TPSA) is 46.5 Å². The smallest absolute Gasteiger partial charge is 0.335 e. The van der Waals surface area contributed by atoms with Crippen LogP contribution in [0.2, 0.25) is 0 Å². The van der Waals surface area contributed by atoms with E-state index in [0.717, 1.165) is 12.8 Å². The first-order valence-corrected chi connectivity index (χ1v) is 5.20. The van der Waals surface area contributed by atoms with Crippen molar-refractivity contribution in [1.29, 1.82) is 0 Å². The molecule has 0 amide bonds. The molecule has 3 nitrogen and oxygen atoms in total. The van der Waals surface area contributed by atoms with E-state index in [1.165, 1.54) is 12.7 Å². The number of aliphatic hydroxyl groups is 1. The minimum Gasteiger partial charge on any atom is -0.466 e.